The first-order valence-electron chi connectivity index (χ1n) is 8.24. The Bertz CT molecular complexity index is 417. The van der Waals surface area contributed by atoms with Crippen molar-refractivity contribution in [3.63, 3.8) is 0 Å². The zero-order valence-corrected chi connectivity index (χ0v) is 14.0. The Kier molecular flexibility index (Phi) is 6.05. The minimum absolute atomic E-state index is 0.163. The Labute approximate surface area is 129 Å². The quantitative estimate of drug-likeness (QED) is 0.784. The van der Waals surface area contributed by atoms with Crippen molar-refractivity contribution in [1.29, 1.82) is 0 Å². The fraction of sp³-hybridized carbons (Fsp3) is 1.00. The minimum Gasteiger partial charge on any atom is -0.373 e. The van der Waals surface area contributed by atoms with Gasteiger partial charge in [0.1, 0.15) is 0 Å². The van der Waals surface area contributed by atoms with Crippen LogP contribution in [0.2, 0.25) is 0 Å². The number of piperidine rings is 1. The molecule has 0 amide bonds. The van der Waals surface area contributed by atoms with Crippen molar-refractivity contribution in [1.82, 2.24) is 4.31 Å². The van der Waals surface area contributed by atoms with Crippen LogP contribution < -0.4 is 5.73 Å². The standard InChI is InChI=1S/C15H30N2O3S/c1-21(18,19)17-10-6-7-14(11-17)12-20-15(13-16)8-4-2-3-5-9-15/h14H,2-13,16H2,1H3. The number of rotatable bonds is 5. The van der Waals surface area contributed by atoms with E-state index in [9.17, 15) is 8.42 Å². The van der Waals surface area contributed by atoms with E-state index >= 15 is 0 Å². The van der Waals surface area contributed by atoms with Crippen LogP contribution in [0.5, 0.6) is 0 Å². The van der Waals surface area contributed by atoms with Gasteiger partial charge in [-0.05, 0) is 31.6 Å². The van der Waals surface area contributed by atoms with Gasteiger partial charge in [-0.25, -0.2) is 12.7 Å². The number of hydrogen-bond acceptors (Lipinski definition) is 4. The smallest absolute Gasteiger partial charge is 0.211 e. The fourth-order valence-electron chi connectivity index (χ4n) is 3.54. The number of ether oxygens (including phenoxy) is 1. The molecule has 1 heterocycles. The van der Waals surface area contributed by atoms with Crippen LogP contribution in [0.4, 0.5) is 0 Å². The van der Waals surface area contributed by atoms with Crippen LogP contribution in [0, 0.1) is 5.92 Å². The highest BCUT2D eigenvalue weighted by molar-refractivity contribution is 7.88. The van der Waals surface area contributed by atoms with Crippen LogP contribution in [-0.4, -0.2) is 50.8 Å². The van der Waals surface area contributed by atoms with Gasteiger partial charge in [0, 0.05) is 19.6 Å². The van der Waals surface area contributed by atoms with E-state index in [2.05, 4.69) is 0 Å². The molecule has 1 unspecified atom stereocenters. The number of hydrogen-bond donors (Lipinski definition) is 1. The van der Waals surface area contributed by atoms with Gasteiger partial charge >= 0.3 is 0 Å². The maximum Gasteiger partial charge on any atom is 0.211 e. The third-order valence-electron chi connectivity index (χ3n) is 4.96. The van der Waals surface area contributed by atoms with Gasteiger partial charge in [-0.2, -0.15) is 0 Å². The minimum atomic E-state index is -3.08. The summed E-state index contributed by atoms with van der Waals surface area (Å²) in [4.78, 5) is 0. The summed E-state index contributed by atoms with van der Waals surface area (Å²) in [5.74, 6) is 0.306. The van der Waals surface area contributed by atoms with Crippen molar-refractivity contribution in [2.45, 2.75) is 57.0 Å². The molecule has 1 saturated heterocycles. The fourth-order valence-corrected chi connectivity index (χ4v) is 4.48. The molecule has 21 heavy (non-hydrogen) atoms. The van der Waals surface area contributed by atoms with Gasteiger partial charge in [-0.3, -0.25) is 0 Å². The largest absolute Gasteiger partial charge is 0.373 e. The summed E-state index contributed by atoms with van der Waals surface area (Å²) in [6.07, 6.45) is 10.3. The Morgan fingerprint density at radius 2 is 1.86 bits per heavy atom. The Balaban J connectivity index is 1.88. The van der Waals surface area contributed by atoms with E-state index in [1.807, 2.05) is 0 Å². The van der Waals surface area contributed by atoms with Gasteiger partial charge in [-0.1, -0.05) is 25.7 Å². The molecule has 1 aliphatic heterocycles. The van der Waals surface area contributed by atoms with Crippen LogP contribution in [0.25, 0.3) is 0 Å². The first-order chi connectivity index (χ1) is 9.95. The molecular formula is C15H30N2O3S. The lowest BCUT2D eigenvalue weighted by Gasteiger charge is -2.36. The number of nitrogens with two attached hydrogens (primary N) is 1. The van der Waals surface area contributed by atoms with Gasteiger partial charge < -0.3 is 10.5 Å². The predicted octanol–water partition coefficient (Wildman–Crippen LogP) is 1.73. The first kappa shape index (κ1) is 17.2. The van der Waals surface area contributed by atoms with Crippen LogP contribution in [0.1, 0.15) is 51.4 Å². The van der Waals surface area contributed by atoms with Gasteiger partial charge in [0.05, 0.1) is 18.5 Å². The van der Waals surface area contributed by atoms with E-state index in [-0.39, 0.29) is 5.60 Å². The molecule has 1 atom stereocenters. The molecule has 124 valence electrons. The third kappa shape index (κ3) is 4.91. The van der Waals surface area contributed by atoms with Crippen molar-refractivity contribution in [2.75, 3.05) is 32.5 Å². The van der Waals surface area contributed by atoms with E-state index < -0.39 is 10.0 Å². The molecule has 0 bridgehead atoms. The molecule has 2 N–H and O–H groups in total. The molecule has 0 radical (unpaired) electrons. The van der Waals surface area contributed by atoms with Crippen LogP contribution in [0.15, 0.2) is 0 Å². The van der Waals surface area contributed by atoms with Crippen LogP contribution in [-0.2, 0) is 14.8 Å². The van der Waals surface area contributed by atoms with E-state index in [1.165, 1.54) is 31.9 Å². The summed E-state index contributed by atoms with van der Waals surface area (Å²) in [7, 11) is -3.08. The molecule has 1 saturated carbocycles. The van der Waals surface area contributed by atoms with Crippen molar-refractivity contribution in [3.8, 4) is 0 Å². The number of sulfonamides is 1. The monoisotopic (exact) mass is 318 g/mol. The van der Waals surface area contributed by atoms with Crippen LogP contribution in [0.3, 0.4) is 0 Å². The van der Waals surface area contributed by atoms with Gasteiger partial charge in [0.15, 0.2) is 0 Å². The second kappa shape index (κ2) is 7.40. The molecule has 0 aromatic heterocycles. The van der Waals surface area contributed by atoms with Gasteiger partial charge in [0.2, 0.25) is 10.0 Å². The molecule has 0 spiro atoms. The maximum absolute atomic E-state index is 11.7. The summed E-state index contributed by atoms with van der Waals surface area (Å²) in [6, 6.07) is 0. The van der Waals surface area contributed by atoms with Crippen molar-refractivity contribution in [2.24, 2.45) is 11.7 Å². The predicted molar refractivity (Wildman–Crippen MR) is 84.6 cm³/mol. The van der Waals surface area contributed by atoms with E-state index in [4.69, 9.17) is 10.5 Å². The van der Waals surface area contributed by atoms with Crippen molar-refractivity contribution in [3.05, 3.63) is 0 Å². The third-order valence-corrected chi connectivity index (χ3v) is 6.23. The summed E-state index contributed by atoms with van der Waals surface area (Å²) in [5.41, 5.74) is 5.83. The van der Waals surface area contributed by atoms with Gasteiger partial charge in [0.25, 0.3) is 0 Å². The molecule has 1 aliphatic carbocycles. The van der Waals surface area contributed by atoms with E-state index in [0.717, 1.165) is 25.7 Å². The summed E-state index contributed by atoms with van der Waals surface area (Å²) in [6.45, 7) is 2.47. The highest BCUT2D eigenvalue weighted by atomic mass is 32.2. The molecule has 2 fully saturated rings. The molecule has 5 nitrogen and oxygen atoms in total. The van der Waals surface area contributed by atoms with E-state index in [1.54, 1.807) is 4.31 Å². The van der Waals surface area contributed by atoms with Crippen molar-refractivity contribution < 1.29 is 13.2 Å². The highest BCUT2D eigenvalue weighted by Crippen LogP contribution is 2.31. The average Bonchev–Trinajstić information content (AvgIpc) is 2.71. The molecule has 2 aliphatic rings. The normalized spacial score (nSPS) is 28.2. The van der Waals surface area contributed by atoms with Crippen molar-refractivity contribution >= 4 is 10.0 Å². The summed E-state index contributed by atoms with van der Waals surface area (Å²) >= 11 is 0. The molecule has 0 aromatic rings. The topological polar surface area (TPSA) is 72.6 Å². The molecule has 6 heteroatoms. The lowest BCUT2D eigenvalue weighted by molar-refractivity contribution is -0.0693. The second-order valence-electron chi connectivity index (χ2n) is 6.74. The Morgan fingerprint density at radius 3 is 2.43 bits per heavy atom. The zero-order chi connectivity index (χ0) is 15.3. The summed E-state index contributed by atoms with van der Waals surface area (Å²) < 4.78 is 31.2. The van der Waals surface area contributed by atoms with Crippen LogP contribution >= 0.6 is 0 Å². The molecule has 2 rings (SSSR count). The zero-order valence-electron chi connectivity index (χ0n) is 13.2. The Morgan fingerprint density at radius 1 is 1.19 bits per heavy atom. The molecular weight excluding hydrogens is 288 g/mol. The summed E-state index contributed by atoms with van der Waals surface area (Å²) in [5, 5.41) is 0. The lowest BCUT2D eigenvalue weighted by atomic mass is 9.93. The lowest BCUT2D eigenvalue weighted by Crippen LogP contribution is -2.45. The van der Waals surface area contributed by atoms with E-state index in [0.29, 0.717) is 32.2 Å². The number of nitrogens with zero attached hydrogens (tertiary/aromatic N) is 1. The second-order valence-corrected chi connectivity index (χ2v) is 8.72. The first-order valence-corrected chi connectivity index (χ1v) is 10.1. The Hall–Kier alpha value is -0.170. The molecule has 0 aromatic carbocycles. The highest BCUT2D eigenvalue weighted by Gasteiger charge is 2.33. The SMILES string of the molecule is CS(=O)(=O)N1CCCC(COC2(CN)CCCCCC2)C1. The van der Waals surface area contributed by atoms with Gasteiger partial charge in [-0.15, -0.1) is 0 Å². The maximum atomic E-state index is 11.7. The average molecular weight is 318 g/mol.